The Hall–Kier alpha value is -1.06. The molecule has 1 rings (SSSR count). The average Bonchev–Trinajstić information content (AvgIpc) is 1.91. The van der Waals surface area contributed by atoms with E-state index in [9.17, 15) is 4.39 Å². The fraction of sp³-hybridized carbons (Fsp3) is 0. The van der Waals surface area contributed by atoms with Crippen LogP contribution in [0.4, 0.5) is 10.1 Å². The SMILES string of the molecule is Nc1c[nH]nc1F. The molecule has 0 amide bonds. The Morgan fingerprint density at radius 2 is 2.57 bits per heavy atom. The number of halogens is 1. The van der Waals surface area contributed by atoms with Crippen molar-refractivity contribution in [3.63, 3.8) is 0 Å². The maximum atomic E-state index is 11.8. The first kappa shape index (κ1) is 4.11. The fourth-order valence-corrected chi connectivity index (χ4v) is 0.283. The number of nitrogen functional groups attached to an aromatic ring is 1. The number of aromatic nitrogens is 2. The highest BCUT2D eigenvalue weighted by molar-refractivity contribution is 5.31. The van der Waals surface area contributed by atoms with E-state index in [0.717, 1.165) is 0 Å². The van der Waals surface area contributed by atoms with Crippen LogP contribution in [0.25, 0.3) is 0 Å². The van der Waals surface area contributed by atoms with Gasteiger partial charge in [-0.25, -0.2) is 0 Å². The molecule has 1 heterocycles. The third-order valence-corrected chi connectivity index (χ3v) is 0.621. The van der Waals surface area contributed by atoms with Crippen LogP contribution in [-0.4, -0.2) is 10.2 Å². The molecule has 0 unspecified atom stereocenters. The Morgan fingerprint density at radius 1 is 1.86 bits per heavy atom. The van der Waals surface area contributed by atoms with Crippen LogP contribution in [0.5, 0.6) is 0 Å². The zero-order valence-electron chi connectivity index (χ0n) is 3.48. The molecule has 0 aliphatic carbocycles. The Kier molecular flexibility index (Phi) is 0.714. The minimum absolute atomic E-state index is 0.0556. The molecule has 0 aliphatic heterocycles. The summed E-state index contributed by atoms with van der Waals surface area (Å²) in [5, 5.41) is 5.35. The van der Waals surface area contributed by atoms with Gasteiger partial charge in [0.1, 0.15) is 5.69 Å². The summed E-state index contributed by atoms with van der Waals surface area (Å²) >= 11 is 0. The molecule has 3 nitrogen and oxygen atoms in total. The van der Waals surface area contributed by atoms with Crippen LogP contribution < -0.4 is 5.73 Å². The summed E-state index contributed by atoms with van der Waals surface area (Å²) < 4.78 is 11.8. The lowest BCUT2D eigenvalue weighted by Gasteiger charge is -1.73. The van der Waals surface area contributed by atoms with Crippen LogP contribution in [0.3, 0.4) is 0 Å². The van der Waals surface area contributed by atoms with Crippen LogP contribution in [-0.2, 0) is 0 Å². The quantitative estimate of drug-likeness (QED) is 0.488. The van der Waals surface area contributed by atoms with Crippen molar-refractivity contribution in [1.29, 1.82) is 0 Å². The molecule has 0 saturated heterocycles. The number of H-pyrrole nitrogens is 1. The zero-order valence-corrected chi connectivity index (χ0v) is 3.48. The van der Waals surface area contributed by atoms with E-state index < -0.39 is 5.95 Å². The van der Waals surface area contributed by atoms with Gasteiger partial charge in [-0.3, -0.25) is 5.10 Å². The first-order chi connectivity index (χ1) is 3.30. The zero-order chi connectivity index (χ0) is 5.28. The van der Waals surface area contributed by atoms with Crippen molar-refractivity contribution < 1.29 is 4.39 Å². The van der Waals surface area contributed by atoms with Gasteiger partial charge in [0, 0.05) is 6.20 Å². The molecule has 0 aliphatic rings. The first-order valence-corrected chi connectivity index (χ1v) is 1.75. The molecule has 0 saturated carbocycles. The van der Waals surface area contributed by atoms with Gasteiger partial charge in [0.25, 0.3) is 5.95 Å². The van der Waals surface area contributed by atoms with Crippen LogP contribution in [0, 0.1) is 5.95 Å². The van der Waals surface area contributed by atoms with E-state index in [-0.39, 0.29) is 5.69 Å². The predicted molar refractivity (Wildman–Crippen MR) is 23.0 cm³/mol. The van der Waals surface area contributed by atoms with E-state index >= 15 is 0 Å². The molecule has 0 aromatic carbocycles. The molecule has 0 bridgehead atoms. The maximum Gasteiger partial charge on any atom is 0.255 e. The summed E-state index contributed by atoms with van der Waals surface area (Å²) in [5.74, 6) is -0.639. The molecule has 0 radical (unpaired) electrons. The molecule has 0 spiro atoms. The Labute approximate surface area is 39.3 Å². The molecule has 3 N–H and O–H groups in total. The Morgan fingerprint density at radius 3 is 2.71 bits per heavy atom. The number of rotatable bonds is 0. The van der Waals surface area contributed by atoms with Gasteiger partial charge in [-0.2, -0.15) is 4.39 Å². The van der Waals surface area contributed by atoms with E-state index in [1.807, 2.05) is 0 Å². The largest absolute Gasteiger partial charge is 0.394 e. The molecule has 38 valence electrons. The van der Waals surface area contributed by atoms with E-state index in [0.29, 0.717) is 0 Å². The third kappa shape index (κ3) is 0.534. The van der Waals surface area contributed by atoms with E-state index in [1.54, 1.807) is 0 Å². The smallest absolute Gasteiger partial charge is 0.255 e. The van der Waals surface area contributed by atoms with Gasteiger partial charge in [0.05, 0.1) is 0 Å². The third-order valence-electron chi connectivity index (χ3n) is 0.621. The molecule has 7 heavy (non-hydrogen) atoms. The number of nitrogens with one attached hydrogen (secondary N) is 1. The number of anilines is 1. The molecule has 1 aromatic heterocycles. The summed E-state index contributed by atoms with van der Waals surface area (Å²) in [4.78, 5) is 0. The van der Waals surface area contributed by atoms with E-state index in [1.165, 1.54) is 6.20 Å². The minimum atomic E-state index is -0.639. The molecule has 0 fully saturated rings. The maximum absolute atomic E-state index is 11.8. The summed E-state index contributed by atoms with van der Waals surface area (Å²) in [5.41, 5.74) is 5.03. The standard InChI is InChI=1S/C3H4FN3/c4-3-2(5)1-6-7-3/h1H,5H2,(H,6,7). The van der Waals surface area contributed by atoms with Gasteiger partial charge in [0.2, 0.25) is 0 Å². The Bertz CT molecular complexity index is 142. The second-order valence-electron chi connectivity index (χ2n) is 1.13. The normalized spacial score (nSPS) is 9.29. The first-order valence-electron chi connectivity index (χ1n) is 1.75. The van der Waals surface area contributed by atoms with Gasteiger partial charge >= 0.3 is 0 Å². The van der Waals surface area contributed by atoms with Crippen LogP contribution in [0.15, 0.2) is 6.20 Å². The molecule has 1 aromatic rings. The van der Waals surface area contributed by atoms with Gasteiger partial charge in [0.15, 0.2) is 0 Å². The second kappa shape index (κ2) is 1.22. The van der Waals surface area contributed by atoms with Crippen molar-refractivity contribution in [2.75, 3.05) is 5.73 Å². The highest BCUT2D eigenvalue weighted by Gasteiger charge is 1.94. The lowest BCUT2D eigenvalue weighted by Crippen LogP contribution is -1.83. The van der Waals surface area contributed by atoms with E-state index in [2.05, 4.69) is 10.2 Å². The number of hydrogen-bond acceptors (Lipinski definition) is 2. The van der Waals surface area contributed by atoms with Gasteiger partial charge in [-0.05, 0) is 0 Å². The van der Waals surface area contributed by atoms with Crippen LogP contribution in [0.2, 0.25) is 0 Å². The minimum Gasteiger partial charge on any atom is -0.394 e. The summed E-state index contributed by atoms with van der Waals surface area (Å²) in [6.45, 7) is 0. The van der Waals surface area contributed by atoms with Crippen molar-refractivity contribution in [1.82, 2.24) is 10.2 Å². The number of nitrogens with zero attached hydrogens (tertiary/aromatic N) is 1. The topological polar surface area (TPSA) is 54.7 Å². The summed E-state index contributed by atoms with van der Waals surface area (Å²) in [7, 11) is 0. The van der Waals surface area contributed by atoms with Crippen molar-refractivity contribution in [2.24, 2.45) is 0 Å². The summed E-state index contributed by atoms with van der Waals surface area (Å²) in [6, 6.07) is 0. The van der Waals surface area contributed by atoms with E-state index in [4.69, 9.17) is 5.73 Å². The van der Waals surface area contributed by atoms with Crippen molar-refractivity contribution in [2.45, 2.75) is 0 Å². The highest BCUT2D eigenvalue weighted by atomic mass is 19.1. The lowest BCUT2D eigenvalue weighted by molar-refractivity contribution is 0.583. The molecular formula is C3H4FN3. The van der Waals surface area contributed by atoms with Gasteiger partial charge < -0.3 is 5.73 Å². The number of nitrogens with two attached hydrogens (primary N) is 1. The monoisotopic (exact) mass is 101 g/mol. The average molecular weight is 101 g/mol. The van der Waals surface area contributed by atoms with Crippen molar-refractivity contribution in [3.05, 3.63) is 12.1 Å². The van der Waals surface area contributed by atoms with Crippen LogP contribution >= 0.6 is 0 Å². The highest BCUT2D eigenvalue weighted by Crippen LogP contribution is 2.00. The van der Waals surface area contributed by atoms with Crippen molar-refractivity contribution >= 4 is 5.69 Å². The second-order valence-corrected chi connectivity index (χ2v) is 1.13. The number of aromatic amines is 1. The molecular weight excluding hydrogens is 97.1 g/mol. The fourth-order valence-electron chi connectivity index (χ4n) is 0.283. The van der Waals surface area contributed by atoms with Crippen LogP contribution in [0.1, 0.15) is 0 Å². The van der Waals surface area contributed by atoms with Gasteiger partial charge in [-0.1, -0.05) is 0 Å². The lowest BCUT2D eigenvalue weighted by atomic mass is 10.6. The summed E-state index contributed by atoms with van der Waals surface area (Å²) in [6.07, 6.45) is 1.29. The van der Waals surface area contributed by atoms with Gasteiger partial charge in [-0.15, -0.1) is 5.10 Å². The Balaban J connectivity index is 3.12. The number of hydrogen-bond donors (Lipinski definition) is 2. The predicted octanol–water partition coefficient (Wildman–Crippen LogP) is 0.131. The van der Waals surface area contributed by atoms with Crippen molar-refractivity contribution in [3.8, 4) is 0 Å². The molecule has 0 atom stereocenters. The molecule has 4 heteroatoms.